The van der Waals surface area contributed by atoms with Gasteiger partial charge in [-0.15, -0.1) is 0 Å². The van der Waals surface area contributed by atoms with Gasteiger partial charge in [-0.1, -0.05) is 66.4 Å². The SMILES string of the molecule is O=C(c1ccc(CSc2ncn[nH]2)cc1)N1CCCC1c1cccc2ccccc12. The maximum absolute atomic E-state index is 13.3. The molecule has 6 heteroatoms. The zero-order valence-corrected chi connectivity index (χ0v) is 17.3. The summed E-state index contributed by atoms with van der Waals surface area (Å²) in [6.07, 6.45) is 3.55. The molecule has 0 aliphatic carbocycles. The van der Waals surface area contributed by atoms with Crippen LogP contribution in [0, 0.1) is 0 Å². The van der Waals surface area contributed by atoms with E-state index in [0.29, 0.717) is 0 Å². The van der Waals surface area contributed by atoms with E-state index in [0.717, 1.165) is 41.4 Å². The van der Waals surface area contributed by atoms with Crippen LogP contribution in [0.4, 0.5) is 0 Å². The zero-order valence-electron chi connectivity index (χ0n) is 16.5. The van der Waals surface area contributed by atoms with Crippen molar-refractivity contribution in [1.29, 1.82) is 0 Å². The molecule has 1 aliphatic heterocycles. The number of aromatic amines is 1. The van der Waals surface area contributed by atoms with E-state index in [1.807, 2.05) is 29.2 Å². The van der Waals surface area contributed by atoms with E-state index in [1.165, 1.54) is 22.7 Å². The fourth-order valence-electron chi connectivity index (χ4n) is 4.20. The van der Waals surface area contributed by atoms with E-state index in [1.54, 1.807) is 11.8 Å². The third-order valence-corrected chi connectivity index (χ3v) is 6.61. The second kappa shape index (κ2) is 8.32. The quantitative estimate of drug-likeness (QED) is 0.454. The van der Waals surface area contributed by atoms with Crippen LogP contribution in [-0.2, 0) is 5.75 Å². The van der Waals surface area contributed by atoms with Crippen molar-refractivity contribution in [1.82, 2.24) is 20.1 Å². The lowest BCUT2D eigenvalue weighted by Crippen LogP contribution is -2.30. The summed E-state index contributed by atoms with van der Waals surface area (Å²) < 4.78 is 0. The van der Waals surface area contributed by atoms with Crippen LogP contribution in [0.25, 0.3) is 10.8 Å². The van der Waals surface area contributed by atoms with Crippen molar-refractivity contribution in [2.75, 3.05) is 6.54 Å². The summed E-state index contributed by atoms with van der Waals surface area (Å²) in [4.78, 5) is 19.5. The van der Waals surface area contributed by atoms with Crippen molar-refractivity contribution in [3.05, 3.63) is 89.7 Å². The monoisotopic (exact) mass is 414 g/mol. The van der Waals surface area contributed by atoms with Crippen LogP contribution in [0.5, 0.6) is 0 Å². The van der Waals surface area contributed by atoms with Crippen LogP contribution in [0.15, 0.2) is 78.2 Å². The van der Waals surface area contributed by atoms with Crippen LogP contribution in [0.2, 0.25) is 0 Å². The first-order valence-electron chi connectivity index (χ1n) is 10.2. The Bertz CT molecular complexity index is 1150. The Labute approximate surface area is 179 Å². The highest BCUT2D eigenvalue weighted by atomic mass is 32.2. The first-order chi connectivity index (χ1) is 14.8. The van der Waals surface area contributed by atoms with E-state index < -0.39 is 0 Å². The number of thioether (sulfide) groups is 1. The summed E-state index contributed by atoms with van der Waals surface area (Å²) in [6, 6.07) is 22.9. The van der Waals surface area contributed by atoms with E-state index in [2.05, 4.69) is 57.6 Å². The minimum Gasteiger partial charge on any atom is -0.332 e. The van der Waals surface area contributed by atoms with Crippen molar-refractivity contribution in [3.8, 4) is 0 Å². The minimum absolute atomic E-state index is 0.111. The minimum atomic E-state index is 0.111. The summed E-state index contributed by atoms with van der Waals surface area (Å²) in [5.41, 5.74) is 3.15. The molecule has 30 heavy (non-hydrogen) atoms. The number of likely N-dealkylation sites (tertiary alicyclic amines) is 1. The van der Waals surface area contributed by atoms with Crippen LogP contribution in [-0.4, -0.2) is 32.5 Å². The van der Waals surface area contributed by atoms with Crippen LogP contribution < -0.4 is 0 Å². The van der Waals surface area contributed by atoms with Gasteiger partial charge in [-0.25, -0.2) is 4.98 Å². The summed E-state index contributed by atoms with van der Waals surface area (Å²) in [7, 11) is 0. The molecule has 0 radical (unpaired) electrons. The number of hydrogen-bond acceptors (Lipinski definition) is 4. The fourth-order valence-corrected chi connectivity index (χ4v) is 4.93. The van der Waals surface area contributed by atoms with Gasteiger partial charge in [0, 0.05) is 17.9 Å². The van der Waals surface area contributed by atoms with E-state index in [4.69, 9.17) is 0 Å². The molecule has 1 fully saturated rings. The molecule has 1 saturated heterocycles. The molecule has 5 rings (SSSR count). The summed E-state index contributed by atoms with van der Waals surface area (Å²) >= 11 is 1.59. The number of carbonyl (C=O) groups excluding carboxylic acids is 1. The molecule has 4 aromatic rings. The Balaban J connectivity index is 1.35. The lowest BCUT2D eigenvalue weighted by molar-refractivity contribution is 0.0736. The van der Waals surface area contributed by atoms with E-state index in [9.17, 15) is 4.79 Å². The van der Waals surface area contributed by atoms with Crippen LogP contribution in [0.1, 0.15) is 40.4 Å². The summed E-state index contributed by atoms with van der Waals surface area (Å²) in [6.45, 7) is 0.801. The normalized spacial score (nSPS) is 16.3. The Morgan fingerprint density at radius 3 is 2.73 bits per heavy atom. The van der Waals surface area contributed by atoms with Gasteiger partial charge in [0.05, 0.1) is 6.04 Å². The van der Waals surface area contributed by atoms with Gasteiger partial charge in [-0.05, 0) is 46.9 Å². The maximum Gasteiger partial charge on any atom is 0.254 e. The molecule has 0 bridgehead atoms. The maximum atomic E-state index is 13.3. The first kappa shape index (κ1) is 18.9. The third kappa shape index (κ3) is 3.71. The van der Waals surface area contributed by atoms with Gasteiger partial charge in [0.2, 0.25) is 0 Å². The van der Waals surface area contributed by atoms with Crippen molar-refractivity contribution in [3.63, 3.8) is 0 Å². The van der Waals surface area contributed by atoms with Gasteiger partial charge >= 0.3 is 0 Å². The molecule has 150 valence electrons. The van der Waals surface area contributed by atoms with Crippen LogP contribution >= 0.6 is 11.8 Å². The number of H-pyrrole nitrogens is 1. The smallest absolute Gasteiger partial charge is 0.254 e. The van der Waals surface area contributed by atoms with E-state index in [-0.39, 0.29) is 11.9 Å². The number of rotatable bonds is 5. The predicted octanol–water partition coefficient (Wildman–Crippen LogP) is 5.23. The number of benzene rings is 3. The topological polar surface area (TPSA) is 61.9 Å². The number of aromatic nitrogens is 3. The van der Waals surface area contributed by atoms with Gasteiger partial charge in [-0.3, -0.25) is 9.89 Å². The molecule has 5 nitrogen and oxygen atoms in total. The lowest BCUT2D eigenvalue weighted by atomic mass is 9.97. The van der Waals surface area contributed by atoms with Crippen LogP contribution in [0.3, 0.4) is 0 Å². The number of hydrogen-bond donors (Lipinski definition) is 1. The number of nitrogens with one attached hydrogen (secondary N) is 1. The molecule has 2 heterocycles. The zero-order chi connectivity index (χ0) is 20.3. The van der Waals surface area contributed by atoms with Gasteiger partial charge in [0.1, 0.15) is 6.33 Å². The molecule has 1 aliphatic rings. The Morgan fingerprint density at radius 1 is 1.07 bits per heavy atom. The van der Waals surface area contributed by atoms with Gasteiger partial charge < -0.3 is 4.90 Å². The second-order valence-corrected chi connectivity index (χ2v) is 8.47. The van der Waals surface area contributed by atoms with Crippen molar-refractivity contribution in [2.45, 2.75) is 29.8 Å². The van der Waals surface area contributed by atoms with Gasteiger partial charge in [0.25, 0.3) is 5.91 Å². The predicted molar refractivity (Wildman–Crippen MR) is 119 cm³/mol. The molecule has 3 aromatic carbocycles. The Kier molecular flexibility index (Phi) is 5.24. The standard InChI is InChI=1S/C24H22N4OS/c29-23(19-12-10-17(11-13-19)15-30-24-25-16-26-27-24)28-14-4-9-22(28)21-8-3-6-18-5-1-2-7-20(18)21/h1-3,5-8,10-13,16,22H,4,9,14-15H2,(H,25,26,27). The number of amides is 1. The molecule has 1 N–H and O–H groups in total. The Hall–Kier alpha value is -3.12. The molecular formula is C24H22N4OS. The first-order valence-corrected chi connectivity index (χ1v) is 11.1. The van der Waals surface area contributed by atoms with Gasteiger partial charge in [0.15, 0.2) is 5.16 Å². The third-order valence-electron chi connectivity index (χ3n) is 5.67. The number of nitrogens with zero attached hydrogens (tertiary/aromatic N) is 3. The summed E-state index contributed by atoms with van der Waals surface area (Å²) in [5, 5.41) is 9.97. The van der Waals surface area contributed by atoms with Crippen molar-refractivity contribution >= 4 is 28.4 Å². The van der Waals surface area contributed by atoms with Crippen molar-refractivity contribution < 1.29 is 4.79 Å². The lowest BCUT2D eigenvalue weighted by Gasteiger charge is -2.26. The average molecular weight is 415 g/mol. The highest BCUT2D eigenvalue weighted by Crippen LogP contribution is 2.36. The molecule has 0 spiro atoms. The molecule has 1 unspecified atom stereocenters. The Morgan fingerprint density at radius 2 is 1.90 bits per heavy atom. The number of fused-ring (bicyclic) bond motifs is 1. The fraction of sp³-hybridized carbons (Fsp3) is 0.208. The highest BCUT2D eigenvalue weighted by molar-refractivity contribution is 7.98. The molecule has 1 aromatic heterocycles. The highest BCUT2D eigenvalue weighted by Gasteiger charge is 2.31. The van der Waals surface area contributed by atoms with Gasteiger partial charge in [-0.2, -0.15) is 5.10 Å². The molecule has 1 atom stereocenters. The summed E-state index contributed by atoms with van der Waals surface area (Å²) in [5.74, 6) is 0.895. The molecule has 1 amide bonds. The molecule has 0 saturated carbocycles. The van der Waals surface area contributed by atoms with E-state index >= 15 is 0 Å². The molecular weight excluding hydrogens is 392 g/mol. The second-order valence-electron chi connectivity index (χ2n) is 7.50. The number of carbonyl (C=O) groups is 1. The average Bonchev–Trinajstić information content (AvgIpc) is 3.49. The van der Waals surface area contributed by atoms with Crippen molar-refractivity contribution in [2.24, 2.45) is 0 Å². The largest absolute Gasteiger partial charge is 0.332 e.